The highest BCUT2D eigenvalue weighted by Crippen LogP contribution is 2.33. The number of rotatable bonds is 5. The molecule has 0 aliphatic carbocycles. The Kier molecular flexibility index (Phi) is 5.13. The number of ether oxygens (including phenoxy) is 1. The van der Waals surface area contributed by atoms with Gasteiger partial charge < -0.3 is 20.3 Å². The van der Waals surface area contributed by atoms with E-state index in [1.807, 2.05) is 6.07 Å². The summed E-state index contributed by atoms with van der Waals surface area (Å²) in [6.45, 7) is 4.76. The van der Waals surface area contributed by atoms with Crippen LogP contribution in [0, 0.1) is 5.92 Å². The van der Waals surface area contributed by atoms with Gasteiger partial charge in [-0.25, -0.2) is 0 Å². The number of thiophene rings is 1. The zero-order valence-corrected chi connectivity index (χ0v) is 16.1. The lowest BCUT2D eigenvalue weighted by Crippen LogP contribution is -2.57. The number of hydrogen-bond acceptors (Lipinski definition) is 5. The van der Waals surface area contributed by atoms with E-state index in [1.165, 1.54) is 31.1 Å². The second-order valence-electron chi connectivity index (χ2n) is 7.14. The number of carbonyl (C=O) groups is 2. The van der Waals surface area contributed by atoms with Crippen LogP contribution in [0.5, 0.6) is 10.8 Å². The highest BCUT2D eigenvalue weighted by Gasteiger charge is 2.34. The smallest absolute Gasteiger partial charge is 0.251 e. The van der Waals surface area contributed by atoms with Crippen molar-refractivity contribution in [2.45, 2.75) is 25.8 Å². The zero-order valence-electron chi connectivity index (χ0n) is 15.2. The van der Waals surface area contributed by atoms with Crippen LogP contribution < -0.4 is 15.4 Å². The first-order chi connectivity index (χ1) is 13.1. The van der Waals surface area contributed by atoms with Crippen LogP contribution >= 0.6 is 11.3 Å². The lowest BCUT2D eigenvalue weighted by molar-refractivity contribution is -0.114. The normalized spacial score (nSPS) is 23.7. The Morgan fingerprint density at radius 3 is 2.48 bits per heavy atom. The number of carbonyl (C=O) groups excluding carboxylic acids is 2. The van der Waals surface area contributed by atoms with Crippen molar-refractivity contribution in [1.29, 1.82) is 0 Å². The van der Waals surface area contributed by atoms with Crippen LogP contribution in [-0.4, -0.2) is 42.4 Å². The fourth-order valence-corrected chi connectivity index (χ4v) is 4.61. The molecule has 5 rings (SSSR count). The summed E-state index contributed by atoms with van der Waals surface area (Å²) in [4.78, 5) is 26.1. The summed E-state index contributed by atoms with van der Waals surface area (Å²) in [5, 5.41) is 7.35. The molecule has 3 aliphatic heterocycles. The molecule has 3 saturated heterocycles. The van der Waals surface area contributed by atoms with Gasteiger partial charge in [0.25, 0.3) is 5.91 Å². The molecule has 6 nitrogen and oxygen atoms in total. The van der Waals surface area contributed by atoms with E-state index in [1.54, 1.807) is 30.3 Å². The SMILES string of the molecule is CC(=O)Nc1ccc(Oc2ccc(C(=O)NC3CN4CCC3CC4)cc2)s1. The number of nitrogens with one attached hydrogen (secondary N) is 2. The molecule has 2 aromatic rings. The third-order valence-corrected chi connectivity index (χ3v) is 6.07. The van der Waals surface area contributed by atoms with E-state index in [0.717, 1.165) is 24.6 Å². The maximum Gasteiger partial charge on any atom is 0.251 e. The number of hydrogen-bond donors (Lipinski definition) is 2. The first-order valence-corrected chi connectivity index (χ1v) is 10.1. The van der Waals surface area contributed by atoms with Crippen molar-refractivity contribution < 1.29 is 14.3 Å². The molecule has 142 valence electrons. The van der Waals surface area contributed by atoms with Gasteiger partial charge in [0.1, 0.15) is 5.75 Å². The molecule has 3 fully saturated rings. The maximum atomic E-state index is 12.6. The van der Waals surface area contributed by atoms with E-state index in [2.05, 4.69) is 15.5 Å². The predicted molar refractivity (Wildman–Crippen MR) is 106 cm³/mol. The Morgan fingerprint density at radius 1 is 1.11 bits per heavy atom. The van der Waals surface area contributed by atoms with Crippen molar-refractivity contribution >= 4 is 28.2 Å². The third kappa shape index (κ3) is 4.31. The number of fused-ring (bicyclic) bond motifs is 3. The lowest BCUT2D eigenvalue weighted by Gasteiger charge is -2.44. The van der Waals surface area contributed by atoms with Crippen LogP contribution in [0.4, 0.5) is 5.00 Å². The molecular formula is C20H23N3O3S. The molecule has 2 N–H and O–H groups in total. The standard InChI is InChI=1S/C20H23N3O3S/c1-13(24)21-18-6-7-19(27-18)26-16-4-2-15(3-5-16)20(25)22-17-12-23-10-8-14(17)9-11-23/h2-7,14,17H,8-12H2,1H3,(H,21,24)(H,22,25). The molecule has 7 heteroatoms. The van der Waals surface area contributed by atoms with Crippen LogP contribution in [0.1, 0.15) is 30.1 Å². The van der Waals surface area contributed by atoms with Gasteiger partial charge in [-0.15, -0.1) is 0 Å². The van der Waals surface area contributed by atoms with Crippen molar-refractivity contribution in [1.82, 2.24) is 10.2 Å². The molecule has 27 heavy (non-hydrogen) atoms. The topological polar surface area (TPSA) is 70.7 Å². The number of benzene rings is 1. The molecule has 1 unspecified atom stereocenters. The Labute approximate surface area is 162 Å². The lowest BCUT2D eigenvalue weighted by atomic mass is 9.84. The maximum absolute atomic E-state index is 12.6. The Balaban J connectivity index is 1.35. The minimum Gasteiger partial charge on any atom is -0.447 e. The minimum atomic E-state index is -0.109. The van der Waals surface area contributed by atoms with Crippen molar-refractivity contribution in [3.8, 4) is 10.8 Å². The monoisotopic (exact) mass is 385 g/mol. The second-order valence-corrected chi connectivity index (χ2v) is 8.19. The van der Waals surface area contributed by atoms with E-state index in [9.17, 15) is 9.59 Å². The van der Waals surface area contributed by atoms with Crippen LogP contribution in [-0.2, 0) is 4.79 Å². The van der Waals surface area contributed by atoms with Crippen LogP contribution in [0.15, 0.2) is 36.4 Å². The highest BCUT2D eigenvalue weighted by atomic mass is 32.1. The summed E-state index contributed by atoms with van der Waals surface area (Å²) in [5.74, 6) is 1.13. The van der Waals surface area contributed by atoms with Crippen LogP contribution in [0.3, 0.4) is 0 Å². The summed E-state index contributed by atoms with van der Waals surface area (Å²) in [6, 6.07) is 11.0. The Morgan fingerprint density at radius 2 is 1.85 bits per heavy atom. The van der Waals surface area contributed by atoms with Gasteiger partial charge in [0.05, 0.1) is 5.00 Å². The number of piperidine rings is 3. The van der Waals surface area contributed by atoms with Gasteiger partial charge in [0.15, 0.2) is 5.06 Å². The molecule has 1 aromatic heterocycles. The number of nitrogens with zero attached hydrogens (tertiary/aromatic N) is 1. The van der Waals surface area contributed by atoms with Crippen LogP contribution in [0.2, 0.25) is 0 Å². The quantitative estimate of drug-likeness (QED) is 0.828. The molecule has 3 aliphatic rings. The molecule has 2 amide bonds. The average Bonchev–Trinajstić information content (AvgIpc) is 3.09. The molecule has 4 heterocycles. The fourth-order valence-electron chi connectivity index (χ4n) is 3.79. The van der Waals surface area contributed by atoms with Gasteiger partial charge in [0.2, 0.25) is 5.91 Å². The first-order valence-electron chi connectivity index (χ1n) is 9.25. The summed E-state index contributed by atoms with van der Waals surface area (Å²) >= 11 is 1.36. The van der Waals surface area contributed by atoms with Gasteiger partial charge in [0, 0.05) is 25.1 Å². The van der Waals surface area contributed by atoms with Crippen molar-refractivity contribution in [2.24, 2.45) is 5.92 Å². The largest absolute Gasteiger partial charge is 0.447 e. The zero-order chi connectivity index (χ0) is 18.8. The van der Waals surface area contributed by atoms with Gasteiger partial charge >= 0.3 is 0 Å². The molecule has 0 spiro atoms. The van der Waals surface area contributed by atoms with E-state index >= 15 is 0 Å². The molecule has 1 aromatic carbocycles. The van der Waals surface area contributed by atoms with Gasteiger partial charge in [-0.2, -0.15) is 0 Å². The van der Waals surface area contributed by atoms with E-state index in [-0.39, 0.29) is 17.9 Å². The van der Waals surface area contributed by atoms with E-state index in [0.29, 0.717) is 22.3 Å². The molecule has 0 radical (unpaired) electrons. The van der Waals surface area contributed by atoms with Gasteiger partial charge in [-0.1, -0.05) is 11.3 Å². The van der Waals surface area contributed by atoms with Crippen molar-refractivity contribution in [3.63, 3.8) is 0 Å². The van der Waals surface area contributed by atoms with Gasteiger partial charge in [-0.05, 0) is 68.2 Å². The van der Waals surface area contributed by atoms with Gasteiger partial charge in [-0.3, -0.25) is 9.59 Å². The number of amides is 2. The highest BCUT2D eigenvalue weighted by molar-refractivity contribution is 7.18. The molecule has 1 atom stereocenters. The van der Waals surface area contributed by atoms with Crippen molar-refractivity contribution in [3.05, 3.63) is 42.0 Å². The van der Waals surface area contributed by atoms with Crippen LogP contribution in [0.25, 0.3) is 0 Å². The molecular weight excluding hydrogens is 362 g/mol. The van der Waals surface area contributed by atoms with E-state index in [4.69, 9.17) is 4.74 Å². The molecule has 0 saturated carbocycles. The summed E-state index contributed by atoms with van der Waals surface area (Å²) in [7, 11) is 0. The minimum absolute atomic E-state index is 0.0237. The molecule has 2 bridgehead atoms. The average molecular weight is 385 g/mol. The third-order valence-electron chi connectivity index (χ3n) is 5.19. The Bertz CT molecular complexity index is 825. The van der Waals surface area contributed by atoms with Crippen molar-refractivity contribution in [2.75, 3.05) is 25.0 Å². The summed E-state index contributed by atoms with van der Waals surface area (Å²) in [6.07, 6.45) is 2.36. The van der Waals surface area contributed by atoms with E-state index < -0.39 is 0 Å². The predicted octanol–water partition coefficient (Wildman–Crippen LogP) is 3.32. The summed E-state index contributed by atoms with van der Waals surface area (Å²) < 4.78 is 5.79. The Hall–Kier alpha value is -2.38. The first kappa shape index (κ1) is 18.0. The number of anilines is 1. The summed E-state index contributed by atoms with van der Waals surface area (Å²) in [5.41, 5.74) is 0.643. The fraction of sp³-hybridized carbons (Fsp3) is 0.400. The second kappa shape index (κ2) is 7.70.